The molecule has 0 saturated carbocycles. The Bertz CT molecular complexity index is 71.2. The van der Waals surface area contributed by atoms with Gasteiger partial charge < -0.3 is 21.3 Å². The van der Waals surface area contributed by atoms with Gasteiger partial charge in [-0.1, -0.05) is 6.42 Å². The Morgan fingerprint density at radius 3 is 1.07 bits per heavy atom. The first kappa shape index (κ1) is 12.9. The first-order valence-electron chi connectivity index (χ1n) is 6.33. The van der Waals surface area contributed by atoms with Gasteiger partial charge in [-0.3, -0.25) is 0 Å². The van der Waals surface area contributed by atoms with Crippen LogP contribution in [-0.4, -0.2) is 52.4 Å². The van der Waals surface area contributed by atoms with Crippen molar-refractivity contribution in [3.05, 3.63) is 0 Å². The van der Waals surface area contributed by atoms with Crippen molar-refractivity contribution in [3.8, 4) is 0 Å². The summed E-state index contributed by atoms with van der Waals surface area (Å²) in [6, 6.07) is 0. The van der Waals surface area contributed by atoms with E-state index in [4.69, 9.17) is 0 Å². The molecule has 0 unspecified atom stereocenters. The molecule has 1 aliphatic heterocycles. The van der Waals surface area contributed by atoms with Crippen LogP contribution in [0.1, 0.15) is 19.3 Å². The molecule has 0 aromatic heterocycles. The standard InChI is InChI=1S/C11H26N4/c1-2-4-12-6-8-14-10-11-15-9-7-13-5-3-1/h12-15H,1-11H2. The Kier molecular flexibility index (Phi) is 8.92. The van der Waals surface area contributed by atoms with E-state index in [9.17, 15) is 0 Å². The zero-order valence-corrected chi connectivity index (χ0v) is 9.78. The third-order valence-electron chi connectivity index (χ3n) is 2.64. The van der Waals surface area contributed by atoms with E-state index < -0.39 is 0 Å². The van der Waals surface area contributed by atoms with E-state index >= 15 is 0 Å². The molecule has 0 aromatic rings. The molecule has 1 saturated heterocycles. The molecule has 15 heavy (non-hydrogen) atoms. The van der Waals surface area contributed by atoms with Gasteiger partial charge in [0, 0.05) is 39.3 Å². The van der Waals surface area contributed by atoms with E-state index in [1.807, 2.05) is 0 Å². The lowest BCUT2D eigenvalue weighted by Gasteiger charge is -2.06. The van der Waals surface area contributed by atoms with Crippen LogP contribution in [-0.2, 0) is 0 Å². The summed E-state index contributed by atoms with van der Waals surface area (Å²) in [6.45, 7) is 8.83. The van der Waals surface area contributed by atoms with E-state index in [2.05, 4.69) is 21.3 Å². The van der Waals surface area contributed by atoms with E-state index in [0.717, 1.165) is 39.3 Å². The summed E-state index contributed by atoms with van der Waals surface area (Å²) in [5.41, 5.74) is 0. The fourth-order valence-electron chi connectivity index (χ4n) is 1.71. The second-order valence-electron chi connectivity index (χ2n) is 4.06. The van der Waals surface area contributed by atoms with Gasteiger partial charge in [-0.15, -0.1) is 0 Å². The molecule has 0 amide bonds. The van der Waals surface area contributed by atoms with Gasteiger partial charge in [-0.05, 0) is 25.9 Å². The highest BCUT2D eigenvalue weighted by atomic mass is 15.0. The topological polar surface area (TPSA) is 48.1 Å². The first-order valence-corrected chi connectivity index (χ1v) is 6.33. The third kappa shape index (κ3) is 8.81. The van der Waals surface area contributed by atoms with Crippen LogP contribution in [0.5, 0.6) is 0 Å². The smallest absolute Gasteiger partial charge is 0.00772 e. The van der Waals surface area contributed by atoms with E-state index in [-0.39, 0.29) is 0 Å². The molecule has 0 aliphatic carbocycles. The fourth-order valence-corrected chi connectivity index (χ4v) is 1.71. The summed E-state index contributed by atoms with van der Waals surface area (Å²) in [5, 5.41) is 13.7. The molecule has 4 N–H and O–H groups in total. The number of rotatable bonds is 0. The van der Waals surface area contributed by atoms with Gasteiger partial charge in [0.1, 0.15) is 0 Å². The quantitative estimate of drug-likeness (QED) is 0.440. The SMILES string of the molecule is C1CCNCCNCCNCCNCC1. The first-order chi connectivity index (χ1) is 7.50. The zero-order chi connectivity index (χ0) is 10.6. The maximum absolute atomic E-state index is 3.45. The molecular formula is C11H26N4. The summed E-state index contributed by atoms with van der Waals surface area (Å²) in [6.07, 6.45) is 3.95. The molecule has 90 valence electrons. The predicted octanol–water partition coefficient (Wildman–Crippen LogP) is -0.471. The largest absolute Gasteiger partial charge is 0.315 e. The van der Waals surface area contributed by atoms with Crippen molar-refractivity contribution in [1.29, 1.82) is 0 Å². The molecule has 0 atom stereocenters. The summed E-state index contributed by atoms with van der Waals surface area (Å²) in [7, 11) is 0. The van der Waals surface area contributed by atoms with Crippen LogP contribution in [0.25, 0.3) is 0 Å². The molecule has 1 aliphatic rings. The van der Waals surface area contributed by atoms with Crippen molar-refractivity contribution < 1.29 is 0 Å². The van der Waals surface area contributed by atoms with Crippen LogP contribution < -0.4 is 21.3 Å². The molecule has 1 fully saturated rings. The van der Waals surface area contributed by atoms with Gasteiger partial charge in [0.15, 0.2) is 0 Å². The van der Waals surface area contributed by atoms with Crippen molar-refractivity contribution in [2.75, 3.05) is 52.4 Å². The van der Waals surface area contributed by atoms with Crippen LogP contribution >= 0.6 is 0 Å². The van der Waals surface area contributed by atoms with Gasteiger partial charge in [0.05, 0.1) is 0 Å². The highest BCUT2D eigenvalue weighted by Gasteiger charge is 1.93. The molecule has 0 bridgehead atoms. The molecule has 4 heteroatoms. The van der Waals surface area contributed by atoms with Gasteiger partial charge in [-0.25, -0.2) is 0 Å². The number of hydrogen-bond acceptors (Lipinski definition) is 4. The minimum absolute atomic E-state index is 1.07. The highest BCUT2D eigenvalue weighted by Crippen LogP contribution is 1.91. The minimum atomic E-state index is 1.07. The van der Waals surface area contributed by atoms with E-state index in [0.29, 0.717) is 0 Å². The molecule has 0 spiro atoms. The molecule has 1 heterocycles. The van der Waals surface area contributed by atoms with Gasteiger partial charge in [0.2, 0.25) is 0 Å². The Hall–Kier alpha value is -0.160. The molecular weight excluding hydrogens is 188 g/mol. The molecule has 1 rings (SSSR count). The van der Waals surface area contributed by atoms with Gasteiger partial charge in [-0.2, -0.15) is 0 Å². The Balaban J connectivity index is 2.01. The lowest BCUT2D eigenvalue weighted by molar-refractivity contribution is 0.568. The summed E-state index contributed by atoms with van der Waals surface area (Å²) < 4.78 is 0. The number of hydrogen-bond donors (Lipinski definition) is 4. The molecule has 4 nitrogen and oxygen atoms in total. The number of nitrogens with one attached hydrogen (secondary N) is 4. The van der Waals surface area contributed by atoms with Gasteiger partial charge >= 0.3 is 0 Å². The summed E-state index contributed by atoms with van der Waals surface area (Å²) >= 11 is 0. The maximum Gasteiger partial charge on any atom is 0.00772 e. The average Bonchev–Trinajstić information content (AvgIpc) is 2.27. The van der Waals surface area contributed by atoms with Crippen LogP contribution in [0.15, 0.2) is 0 Å². The Morgan fingerprint density at radius 2 is 0.667 bits per heavy atom. The Labute approximate surface area is 93.6 Å². The predicted molar refractivity (Wildman–Crippen MR) is 65.3 cm³/mol. The van der Waals surface area contributed by atoms with Crippen molar-refractivity contribution in [1.82, 2.24) is 21.3 Å². The average molecular weight is 214 g/mol. The molecule has 0 radical (unpaired) electrons. The van der Waals surface area contributed by atoms with Crippen LogP contribution in [0.4, 0.5) is 0 Å². The minimum Gasteiger partial charge on any atom is -0.315 e. The van der Waals surface area contributed by atoms with Crippen molar-refractivity contribution in [3.63, 3.8) is 0 Å². The van der Waals surface area contributed by atoms with E-state index in [1.165, 1.54) is 32.4 Å². The normalized spacial score (nSPS) is 24.0. The fraction of sp³-hybridized carbons (Fsp3) is 1.00. The van der Waals surface area contributed by atoms with Crippen molar-refractivity contribution in [2.24, 2.45) is 0 Å². The second kappa shape index (κ2) is 10.4. The van der Waals surface area contributed by atoms with Crippen molar-refractivity contribution in [2.45, 2.75) is 19.3 Å². The van der Waals surface area contributed by atoms with Crippen LogP contribution in [0.2, 0.25) is 0 Å². The van der Waals surface area contributed by atoms with Crippen LogP contribution in [0.3, 0.4) is 0 Å². The van der Waals surface area contributed by atoms with E-state index in [1.54, 1.807) is 0 Å². The summed E-state index contributed by atoms with van der Waals surface area (Å²) in [5.74, 6) is 0. The second-order valence-corrected chi connectivity index (χ2v) is 4.06. The lowest BCUT2D eigenvalue weighted by Crippen LogP contribution is -2.35. The van der Waals surface area contributed by atoms with Crippen molar-refractivity contribution >= 4 is 0 Å². The maximum atomic E-state index is 3.45. The lowest BCUT2D eigenvalue weighted by atomic mass is 10.2. The highest BCUT2D eigenvalue weighted by molar-refractivity contribution is 4.58. The molecule has 0 aromatic carbocycles. The zero-order valence-electron chi connectivity index (χ0n) is 9.78. The van der Waals surface area contributed by atoms with Gasteiger partial charge in [0.25, 0.3) is 0 Å². The third-order valence-corrected chi connectivity index (χ3v) is 2.64. The van der Waals surface area contributed by atoms with Crippen LogP contribution in [0, 0.1) is 0 Å². The monoisotopic (exact) mass is 214 g/mol. The summed E-state index contributed by atoms with van der Waals surface area (Å²) in [4.78, 5) is 0. The Morgan fingerprint density at radius 1 is 0.333 bits per heavy atom.